The zero-order valence-corrected chi connectivity index (χ0v) is 16.2. The van der Waals surface area contributed by atoms with E-state index in [0.717, 1.165) is 22.5 Å². The first-order chi connectivity index (χ1) is 14.3. The van der Waals surface area contributed by atoms with Crippen LogP contribution >= 0.6 is 11.8 Å². The highest BCUT2D eigenvalue weighted by Gasteiger charge is 2.17. The SMILES string of the molecule is Cc1ccccc1-n1c(O)c(C=Nc2ccc(SC#N)cc2[N+](=O)[O-])c(=O)[nH]c1=O. The van der Waals surface area contributed by atoms with Crippen LogP contribution in [0.3, 0.4) is 0 Å². The molecule has 3 aromatic rings. The standard InChI is InChI=1S/C19H13N5O5S/c1-11-4-2-3-5-15(11)23-18(26)13(17(25)22-19(23)27)9-21-14-7-6-12(30-10-20)8-16(14)24(28)29/h2-9,26H,1H3,(H,22,25,27). The Labute approximate surface area is 172 Å². The van der Waals surface area contributed by atoms with Crippen LogP contribution in [0.15, 0.2) is 61.9 Å². The van der Waals surface area contributed by atoms with Crippen molar-refractivity contribution in [1.29, 1.82) is 5.26 Å². The van der Waals surface area contributed by atoms with E-state index in [4.69, 9.17) is 5.26 Å². The first-order valence-electron chi connectivity index (χ1n) is 8.36. The number of rotatable bonds is 5. The topological polar surface area (TPSA) is 154 Å². The number of hydrogen-bond donors (Lipinski definition) is 2. The predicted octanol–water partition coefficient (Wildman–Crippen LogP) is 2.77. The third kappa shape index (κ3) is 3.98. The van der Waals surface area contributed by atoms with Gasteiger partial charge in [-0.25, -0.2) is 14.4 Å². The Hall–Kier alpha value is -4.17. The van der Waals surface area contributed by atoms with Gasteiger partial charge in [-0.3, -0.25) is 19.9 Å². The zero-order chi connectivity index (χ0) is 21.8. The lowest BCUT2D eigenvalue weighted by molar-refractivity contribution is -0.384. The van der Waals surface area contributed by atoms with E-state index in [1.807, 2.05) is 5.40 Å². The second-order valence-corrected chi connectivity index (χ2v) is 6.84. The number of H-pyrrole nitrogens is 1. The van der Waals surface area contributed by atoms with Crippen molar-refractivity contribution in [2.75, 3.05) is 0 Å². The van der Waals surface area contributed by atoms with Crippen LogP contribution in [-0.2, 0) is 0 Å². The van der Waals surface area contributed by atoms with Crippen molar-refractivity contribution in [1.82, 2.24) is 9.55 Å². The molecule has 150 valence electrons. The highest BCUT2D eigenvalue weighted by Crippen LogP contribution is 2.32. The van der Waals surface area contributed by atoms with Crippen LogP contribution in [0.1, 0.15) is 11.1 Å². The monoisotopic (exact) mass is 423 g/mol. The van der Waals surface area contributed by atoms with Gasteiger partial charge in [0, 0.05) is 17.2 Å². The molecular formula is C19H13N5O5S. The number of thiocyanates is 1. The first kappa shape index (κ1) is 20.6. The fourth-order valence-corrected chi connectivity index (χ4v) is 3.11. The molecule has 3 rings (SSSR count). The van der Waals surface area contributed by atoms with E-state index in [9.17, 15) is 24.8 Å². The van der Waals surface area contributed by atoms with Crippen LogP contribution in [0, 0.1) is 27.7 Å². The third-order valence-corrected chi connectivity index (χ3v) is 4.70. The lowest BCUT2D eigenvalue weighted by atomic mass is 10.2. The summed E-state index contributed by atoms with van der Waals surface area (Å²) in [6.07, 6.45) is 0.946. The van der Waals surface area contributed by atoms with Crippen molar-refractivity contribution in [3.63, 3.8) is 0 Å². The molecule has 2 N–H and O–H groups in total. The van der Waals surface area contributed by atoms with Gasteiger partial charge >= 0.3 is 5.69 Å². The molecule has 0 unspecified atom stereocenters. The fourth-order valence-electron chi connectivity index (χ4n) is 2.70. The molecule has 1 heterocycles. The second kappa shape index (κ2) is 8.46. The summed E-state index contributed by atoms with van der Waals surface area (Å²) in [4.78, 5) is 41.5. The summed E-state index contributed by atoms with van der Waals surface area (Å²) in [6, 6.07) is 10.7. The van der Waals surface area contributed by atoms with Gasteiger partial charge in [0.05, 0.1) is 10.6 Å². The van der Waals surface area contributed by atoms with Crippen LogP contribution in [0.4, 0.5) is 11.4 Å². The molecule has 0 amide bonds. The Bertz CT molecular complexity index is 1340. The highest BCUT2D eigenvalue weighted by atomic mass is 32.2. The summed E-state index contributed by atoms with van der Waals surface area (Å²) >= 11 is 0.754. The van der Waals surface area contributed by atoms with Crippen molar-refractivity contribution in [3.8, 4) is 17.0 Å². The quantitative estimate of drug-likeness (QED) is 0.210. The van der Waals surface area contributed by atoms with E-state index in [-0.39, 0.29) is 16.9 Å². The molecule has 11 heteroatoms. The first-order valence-corrected chi connectivity index (χ1v) is 9.18. The minimum absolute atomic E-state index is 0.0882. The van der Waals surface area contributed by atoms with Crippen molar-refractivity contribution < 1.29 is 10.0 Å². The predicted molar refractivity (Wildman–Crippen MR) is 111 cm³/mol. The number of benzene rings is 2. The van der Waals surface area contributed by atoms with Crippen LogP contribution in [0.5, 0.6) is 5.88 Å². The summed E-state index contributed by atoms with van der Waals surface area (Å²) in [7, 11) is 0. The van der Waals surface area contributed by atoms with Crippen LogP contribution < -0.4 is 11.2 Å². The van der Waals surface area contributed by atoms with E-state index in [2.05, 4.69) is 9.98 Å². The number of thioether (sulfide) groups is 1. The van der Waals surface area contributed by atoms with Gasteiger partial charge in [0.25, 0.3) is 11.2 Å². The van der Waals surface area contributed by atoms with Crippen molar-refractivity contribution in [3.05, 3.63) is 84.5 Å². The molecule has 0 atom stereocenters. The molecule has 30 heavy (non-hydrogen) atoms. The summed E-state index contributed by atoms with van der Waals surface area (Å²) in [5.74, 6) is -0.652. The van der Waals surface area contributed by atoms with Crippen molar-refractivity contribution in [2.45, 2.75) is 11.8 Å². The number of aromatic hydroxyl groups is 1. The molecule has 2 aromatic carbocycles. The van der Waals surface area contributed by atoms with Crippen molar-refractivity contribution in [2.24, 2.45) is 4.99 Å². The van der Waals surface area contributed by atoms with Crippen LogP contribution in [-0.4, -0.2) is 25.8 Å². The number of aromatic nitrogens is 2. The summed E-state index contributed by atoms with van der Waals surface area (Å²) in [5.41, 5.74) is -1.52. The van der Waals surface area contributed by atoms with E-state index >= 15 is 0 Å². The summed E-state index contributed by atoms with van der Waals surface area (Å²) < 4.78 is 0.916. The van der Waals surface area contributed by atoms with Crippen LogP contribution in [0.25, 0.3) is 5.69 Å². The number of para-hydroxylation sites is 1. The maximum Gasteiger partial charge on any atom is 0.335 e. The summed E-state index contributed by atoms with van der Waals surface area (Å²) in [5, 5.41) is 32.4. The van der Waals surface area contributed by atoms with Crippen LogP contribution in [0.2, 0.25) is 0 Å². The second-order valence-electron chi connectivity index (χ2n) is 5.98. The average molecular weight is 423 g/mol. The molecule has 0 saturated carbocycles. The maximum atomic E-state index is 12.3. The molecular weight excluding hydrogens is 410 g/mol. The highest BCUT2D eigenvalue weighted by molar-refractivity contribution is 8.03. The number of nitriles is 1. The maximum absolute atomic E-state index is 12.3. The van der Waals surface area contributed by atoms with E-state index in [0.29, 0.717) is 16.1 Å². The van der Waals surface area contributed by atoms with Gasteiger partial charge in [-0.2, -0.15) is 5.26 Å². The van der Waals surface area contributed by atoms with Gasteiger partial charge in [-0.05, 0) is 42.4 Å². The largest absolute Gasteiger partial charge is 0.493 e. The van der Waals surface area contributed by atoms with Crippen molar-refractivity contribution >= 4 is 29.4 Å². The number of nitro groups is 1. The van der Waals surface area contributed by atoms with Gasteiger partial charge < -0.3 is 5.11 Å². The number of hydrogen-bond acceptors (Lipinski definition) is 8. The molecule has 0 aliphatic carbocycles. The van der Waals surface area contributed by atoms with Gasteiger partial charge in [-0.1, -0.05) is 18.2 Å². The molecule has 0 saturated heterocycles. The summed E-state index contributed by atoms with van der Waals surface area (Å²) in [6.45, 7) is 1.73. The number of aromatic amines is 1. The van der Waals surface area contributed by atoms with Gasteiger partial charge in [0.1, 0.15) is 16.7 Å². The lowest BCUT2D eigenvalue weighted by Crippen LogP contribution is -2.31. The van der Waals surface area contributed by atoms with Gasteiger partial charge in [0.2, 0.25) is 5.88 Å². The lowest BCUT2D eigenvalue weighted by Gasteiger charge is -2.11. The number of nitrogens with zero attached hydrogens (tertiary/aromatic N) is 4. The zero-order valence-electron chi connectivity index (χ0n) is 15.4. The number of nitro benzene ring substituents is 1. The minimum atomic E-state index is -0.898. The van der Waals surface area contributed by atoms with E-state index in [1.54, 1.807) is 31.2 Å². The molecule has 0 radical (unpaired) electrons. The minimum Gasteiger partial charge on any atom is -0.493 e. The average Bonchev–Trinajstić information content (AvgIpc) is 2.70. The number of nitrogens with one attached hydrogen (secondary N) is 1. The molecule has 0 aliphatic rings. The Morgan fingerprint density at radius 1 is 1.30 bits per heavy atom. The molecule has 0 bridgehead atoms. The Kier molecular flexibility index (Phi) is 5.80. The normalized spacial score (nSPS) is 10.8. The fraction of sp³-hybridized carbons (Fsp3) is 0.0526. The Balaban J connectivity index is 2.14. The van der Waals surface area contributed by atoms with Gasteiger partial charge in [-0.15, -0.1) is 0 Å². The Morgan fingerprint density at radius 3 is 2.70 bits per heavy atom. The molecule has 0 fully saturated rings. The number of aryl methyl sites for hydroxylation is 1. The van der Waals surface area contributed by atoms with E-state index < -0.39 is 22.1 Å². The Morgan fingerprint density at radius 2 is 2.03 bits per heavy atom. The van der Waals surface area contributed by atoms with Gasteiger partial charge in [0.15, 0.2) is 0 Å². The van der Waals surface area contributed by atoms with E-state index in [1.165, 1.54) is 18.2 Å². The molecule has 0 aliphatic heterocycles. The molecule has 10 nitrogen and oxygen atoms in total. The molecule has 1 aromatic heterocycles. The third-order valence-electron chi connectivity index (χ3n) is 4.12. The molecule has 0 spiro atoms. The number of aliphatic imine (C=N–C) groups is 1. The smallest absolute Gasteiger partial charge is 0.335 e.